The Kier molecular flexibility index (Phi) is 5.62. The molecule has 0 radical (unpaired) electrons. The number of hydrogen-bond donors (Lipinski definition) is 0. The van der Waals surface area contributed by atoms with Crippen LogP contribution in [0, 0.1) is 0 Å². The summed E-state index contributed by atoms with van der Waals surface area (Å²) in [5.41, 5.74) is 2.76. The summed E-state index contributed by atoms with van der Waals surface area (Å²) in [5, 5.41) is 0. The number of rotatable bonds is 3. The lowest BCUT2D eigenvalue weighted by Gasteiger charge is -2.32. The average molecular weight is 409 g/mol. The van der Waals surface area contributed by atoms with Crippen molar-refractivity contribution in [1.29, 1.82) is 0 Å². The van der Waals surface area contributed by atoms with E-state index in [9.17, 15) is 4.79 Å². The van der Waals surface area contributed by atoms with Crippen molar-refractivity contribution in [3.05, 3.63) is 59.7 Å². The molecule has 1 fully saturated rings. The van der Waals surface area contributed by atoms with E-state index in [2.05, 4.69) is 0 Å². The molecule has 0 saturated carbocycles. The maximum atomic E-state index is 12.8. The molecule has 2 aliphatic heterocycles. The van der Waals surface area contributed by atoms with E-state index in [0.29, 0.717) is 19.8 Å². The fourth-order valence-corrected chi connectivity index (χ4v) is 3.56. The molecule has 6 nitrogen and oxygen atoms in total. The maximum absolute atomic E-state index is 12.8. The molecule has 0 aliphatic carbocycles. The Morgan fingerprint density at radius 1 is 1.07 bits per heavy atom. The monoisotopic (exact) mass is 409 g/mol. The number of fused-ring (bicyclic) bond motifs is 1. The third-order valence-electron chi connectivity index (χ3n) is 6.06. The molecule has 1 amide bonds. The lowest BCUT2D eigenvalue weighted by atomic mass is 9.78. The smallest absolute Gasteiger partial charge is 0.444 e. The zero-order valence-electron chi connectivity index (χ0n) is 18.0. The van der Waals surface area contributed by atoms with Crippen molar-refractivity contribution in [1.82, 2.24) is 0 Å². The van der Waals surface area contributed by atoms with Crippen LogP contribution in [0.1, 0.15) is 38.8 Å². The maximum Gasteiger partial charge on any atom is 0.494 e. The summed E-state index contributed by atoms with van der Waals surface area (Å²) in [6.45, 7) is 9.67. The number of ether oxygens (including phenoxy) is 2. The fourth-order valence-electron chi connectivity index (χ4n) is 3.56. The Bertz CT molecular complexity index is 899. The third kappa shape index (κ3) is 4.10. The van der Waals surface area contributed by atoms with E-state index in [-0.39, 0.29) is 12.7 Å². The molecular formula is C23H28BNO5. The number of carbonyl (C=O) groups is 1. The first kappa shape index (κ1) is 20.9. The third-order valence-corrected chi connectivity index (χ3v) is 6.06. The van der Waals surface area contributed by atoms with Gasteiger partial charge in [0.25, 0.3) is 0 Å². The molecule has 7 heteroatoms. The van der Waals surface area contributed by atoms with Gasteiger partial charge in [-0.2, -0.15) is 0 Å². The van der Waals surface area contributed by atoms with Crippen LogP contribution in [0.15, 0.2) is 48.5 Å². The summed E-state index contributed by atoms with van der Waals surface area (Å²) in [7, 11) is -0.456. The number of carbonyl (C=O) groups excluding carboxylic acids is 1. The van der Waals surface area contributed by atoms with Gasteiger partial charge < -0.3 is 18.8 Å². The first-order valence-corrected chi connectivity index (χ1v) is 10.3. The van der Waals surface area contributed by atoms with E-state index in [0.717, 1.165) is 22.3 Å². The molecule has 4 rings (SSSR count). The molecule has 1 saturated heterocycles. The summed E-state index contributed by atoms with van der Waals surface area (Å²) in [4.78, 5) is 14.4. The molecular weight excluding hydrogens is 381 g/mol. The molecule has 0 spiro atoms. The minimum atomic E-state index is -0.456. The van der Waals surface area contributed by atoms with Gasteiger partial charge in [0.1, 0.15) is 6.61 Å². The van der Waals surface area contributed by atoms with Crippen molar-refractivity contribution in [2.45, 2.75) is 52.1 Å². The molecule has 158 valence electrons. The molecule has 2 aromatic rings. The topological polar surface area (TPSA) is 57.2 Å². The fraction of sp³-hybridized carbons (Fsp3) is 0.435. The van der Waals surface area contributed by atoms with E-state index >= 15 is 0 Å². The van der Waals surface area contributed by atoms with Crippen LogP contribution in [0.2, 0.25) is 0 Å². The van der Waals surface area contributed by atoms with Gasteiger partial charge in [-0.15, -0.1) is 0 Å². The highest BCUT2D eigenvalue weighted by Gasteiger charge is 2.51. The Morgan fingerprint density at radius 3 is 2.47 bits per heavy atom. The van der Waals surface area contributed by atoms with Crippen LogP contribution in [-0.4, -0.2) is 37.6 Å². The molecule has 0 unspecified atom stereocenters. The minimum Gasteiger partial charge on any atom is -0.444 e. The van der Waals surface area contributed by atoms with Crippen molar-refractivity contribution in [2.24, 2.45) is 0 Å². The number of benzene rings is 2. The van der Waals surface area contributed by atoms with Crippen LogP contribution in [0.5, 0.6) is 0 Å². The van der Waals surface area contributed by atoms with E-state index in [1.54, 1.807) is 4.90 Å². The summed E-state index contributed by atoms with van der Waals surface area (Å²) in [6, 6.07) is 15.5. The molecule has 0 N–H and O–H groups in total. The first-order chi connectivity index (χ1) is 14.3. The van der Waals surface area contributed by atoms with E-state index in [1.165, 1.54) is 0 Å². The summed E-state index contributed by atoms with van der Waals surface area (Å²) in [6.07, 6.45) is -0.381. The van der Waals surface area contributed by atoms with Crippen LogP contribution in [-0.2, 0) is 32.0 Å². The van der Waals surface area contributed by atoms with E-state index in [4.69, 9.17) is 18.8 Å². The standard InChI is InChI=1S/C23H28BNO5/c1-22(2)23(3,4)30-24(29-22)19-10-11-20-18(14-19)16-27-13-12-25(20)21(26)28-15-17-8-6-5-7-9-17/h5-11,14H,12-13,15-16H2,1-4H3. The molecule has 0 aromatic heterocycles. The van der Waals surface area contributed by atoms with Crippen LogP contribution in [0.25, 0.3) is 0 Å². The molecule has 30 heavy (non-hydrogen) atoms. The normalized spacial score (nSPS) is 19.9. The number of nitrogens with zero attached hydrogens (tertiary/aromatic N) is 1. The summed E-state index contributed by atoms with van der Waals surface area (Å²) in [5.74, 6) is 0. The van der Waals surface area contributed by atoms with Gasteiger partial charge in [-0.1, -0.05) is 42.5 Å². The predicted octanol–water partition coefficient (Wildman–Crippen LogP) is 3.66. The zero-order chi connectivity index (χ0) is 21.4. The summed E-state index contributed by atoms with van der Waals surface area (Å²) < 4.78 is 23.6. The lowest BCUT2D eigenvalue weighted by molar-refractivity contribution is 0.00578. The molecule has 2 aromatic carbocycles. The van der Waals surface area contributed by atoms with Crippen molar-refractivity contribution < 1.29 is 23.6 Å². The highest BCUT2D eigenvalue weighted by Crippen LogP contribution is 2.37. The van der Waals surface area contributed by atoms with Crippen LogP contribution >= 0.6 is 0 Å². The summed E-state index contributed by atoms with van der Waals surface area (Å²) >= 11 is 0. The number of amides is 1. The Hall–Kier alpha value is -2.35. The Balaban J connectivity index is 1.53. The van der Waals surface area contributed by atoms with Gasteiger partial charge in [0.2, 0.25) is 0 Å². The molecule has 0 atom stereocenters. The Labute approximate surface area is 178 Å². The number of anilines is 1. The van der Waals surface area contributed by atoms with Gasteiger partial charge in [0.15, 0.2) is 0 Å². The van der Waals surface area contributed by atoms with Gasteiger partial charge in [-0.3, -0.25) is 4.90 Å². The van der Waals surface area contributed by atoms with Gasteiger partial charge in [0.05, 0.1) is 36.6 Å². The second kappa shape index (κ2) is 8.06. The number of hydrogen-bond acceptors (Lipinski definition) is 5. The molecule has 0 bridgehead atoms. The van der Waals surface area contributed by atoms with Crippen molar-refractivity contribution in [3.8, 4) is 0 Å². The second-order valence-corrected chi connectivity index (χ2v) is 8.72. The van der Waals surface area contributed by atoms with Gasteiger partial charge >= 0.3 is 13.2 Å². The SMILES string of the molecule is CC1(C)OB(c2ccc3c(c2)COCCN3C(=O)OCc2ccccc2)OC1(C)C. The van der Waals surface area contributed by atoms with Gasteiger partial charge in [0, 0.05) is 5.56 Å². The second-order valence-electron chi connectivity index (χ2n) is 8.72. The van der Waals surface area contributed by atoms with Crippen LogP contribution in [0.4, 0.5) is 10.5 Å². The largest absolute Gasteiger partial charge is 0.494 e. The van der Waals surface area contributed by atoms with Gasteiger partial charge in [-0.05, 0) is 44.8 Å². The van der Waals surface area contributed by atoms with Crippen molar-refractivity contribution in [2.75, 3.05) is 18.1 Å². The van der Waals surface area contributed by atoms with Crippen molar-refractivity contribution >= 4 is 24.4 Å². The predicted molar refractivity (Wildman–Crippen MR) is 116 cm³/mol. The van der Waals surface area contributed by atoms with E-state index < -0.39 is 18.3 Å². The minimum absolute atomic E-state index is 0.234. The van der Waals surface area contributed by atoms with E-state index in [1.807, 2.05) is 76.2 Å². The quantitative estimate of drug-likeness (QED) is 0.725. The first-order valence-electron chi connectivity index (χ1n) is 10.3. The van der Waals surface area contributed by atoms with Gasteiger partial charge in [-0.25, -0.2) is 4.79 Å². The van der Waals surface area contributed by atoms with Crippen molar-refractivity contribution in [3.63, 3.8) is 0 Å². The average Bonchev–Trinajstić information content (AvgIpc) is 2.86. The Morgan fingerprint density at radius 2 is 1.77 bits per heavy atom. The highest BCUT2D eigenvalue weighted by molar-refractivity contribution is 6.62. The zero-order valence-corrected chi connectivity index (χ0v) is 18.0. The lowest BCUT2D eigenvalue weighted by Crippen LogP contribution is -2.41. The molecule has 2 heterocycles. The highest BCUT2D eigenvalue weighted by atomic mass is 16.7. The van der Waals surface area contributed by atoms with Crippen LogP contribution in [0.3, 0.4) is 0 Å². The van der Waals surface area contributed by atoms with Crippen LogP contribution < -0.4 is 10.4 Å². The molecule has 2 aliphatic rings.